The lowest BCUT2D eigenvalue weighted by Crippen LogP contribution is -2.42. The first kappa shape index (κ1) is 15.2. The van der Waals surface area contributed by atoms with E-state index in [1.54, 1.807) is 13.2 Å². The van der Waals surface area contributed by atoms with Gasteiger partial charge in [-0.15, -0.1) is 0 Å². The van der Waals surface area contributed by atoms with E-state index in [1.807, 2.05) is 13.8 Å². The summed E-state index contributed by atoms with van der Waals surface area (Å²) in [5.41, 5.74) is 0.556. The molecule has 1 aliphatic heterocycles. The van der Waals surface area contributed by atoms with Crippen LogP contribution in [0.5, 0.6) is 5.75 Å². The molecule has 2 unspecified atom stereocenters. The summed E-state index contributed by atoms with van der Waals surface area (Å²) in [5.74, 6) is 0.264. The molecule has 1 aliphatic rings. The van der Waals surface area contributed by atoms with Gasteiger partial charge in [0, 0.05) is 37.7 Å². The molecule has 2 N–H and O–H groups in total. The van der Waals surface area contributed by atoms with Gasteiger partial charge in [0.1, 0.15) is 17.2 Å². The van der Waals surface area contributed by atoms with E-state index in [9.17, 15) is 9.50 Å². The first-order chi connectivity index (χ1) is 9.41. The Hall–Kier alpha value is -1.17. The minimum absolute atomic E-state index is 0.0286. The maximum Gasteiger partial charge on any atom is 0.127 e. The number of hydrogen-bond acceptors (Lipinski definition) is 4. The molecule has 0 saturated heterocycles. The highest BCUT2D eigenvalue weighted by atomic mass is 19.1. The molecule has 1 aromatic carbocycles. The average molecular weight is 283 g/mol. The zero-order chi connectivity index (χ0) is 14.8. The van der Waals surface area contributed by atoms with Crippen molar-refractivity contribution >= 4 is 0 Å². The van der Waals surface area contributed by atoms with Crippen LogP contribution in [0.15, 0.2) is 18.2 Å². The predicted octanol–water partition coefficient (Wildman–Crippen LogP) is 2.02. The van der Waals surface area contributed by atoms with Gasteiger partial charge in [-0.3, -0.25) is 0 Å². The summed E-state index contributed by atoms with van der Waals surface area (Å²) in [6, 6.07) is 4.61. The molecule has 0 aliphatic carbocycles. The molecule has 0 radical (unpaired) electrons. The summed E-state index contributed by atoms with van der Waals surface area (Å²) in [6.45, 7) is 4.66. The Labute approximate surface area is 118 Å². The van der Waals surface area contributed by atoms with Crippen LogP contribution in [-0.2, 0) is 4.74 Å². The number of halogens is 1. The van der Waals surface area contributed by atoms with Crippen LogP contribution in [0.1, 0.15) is 31.9 Å². The third kappa shape index (κ3) is 3.69. The van der Waals surface area contributed by atoms with Crippen molar-refractivity contribution in [3.8, 4) is 5.75 Å². The van der Waals surface area contributed by atoms with Gasteiger partial charge in [0.05, 0.1) is 12.7 Å². The van der Waals surface area contributed by atoms with Gasteiger partial charge in [0.15, 0.2) is 0 Å². The van der Waals surface area contributed by atoms with E-state index in [0.29, 0.717) is 12.3 Å². The van der Waals surface area contributed by atoms with Crippen molar-refractivity contribution in [2.45, 2.75) is 38.0 Å². The molecule has 0 saturated carbocycles. The highest BCUT2D eigenvalue weighted by molar-refractivity contribution is 5.39. The van der Waals surface area contributed by atoms with Crippen LogP contribution in [0, 0.1) is 5.82 Å². The quantitative estimate of drug-likeness (QED) is 0.868. The Balaban J connectivity index is 2.13. The van der Waals surface area contributed by atoms with E-state index in [0.717, 1.165) is 12.0 Å². The first-order valence-electron chi connectivity index (χ1n) is 6.80. The Bertz CT molecular complexity index is 464. The van der Waals surface area contributed by atoms with Crippen molar-refractivity contribution in [2.75, 3.05) is 20.3 Å². The summed E-state index contributed by atoms with van der Waals surface area (Å²) in [6.07, 6.45) is 0.195. The number of aliphatic hydroxyl groups excluding tert-OH is 1. The fraction of sp³-hybridized carbons (Fsp3) is 0.600. The monoisotopic (exact) mass is 283 g/mol. The summed E-state index contributed by atoms with van der Waals surface area (Å²) >= 11 is 0. The topological polar surface area (TPSA) is 50.7 Å². The number of ether oxygens (including phenoxy) is 2. The molecule has 4 nitrogen and oxygen atoms in total. The zero-order valence-electron chi connectivity index (χ0n) is 12.1. The second kappa shape index (κ2) is 6.08. The van der Waals surface area contributed by atoms with E-state index in [-0.39, 0.29) is 24.1 Å². The molecule has 0 aromatic heterocycles. The standard InChI is InChI=1S/C15H22FNO3/c1-15(2)7-13(17-8-11(18)9-19-3)12-5-4-10(16)6-14(12)20-15/h4-6,11,13,17-18H,7-9H2,1-3H3. The van der Waals surface area contributed by atoms with Crippen molar-refractivity contribution in [3.05, 3.63) is 29.6 Å². The average Bonchev–Trinajstić information content (AvgIpc) is 2.34. The Kier molecular flexibility index (Phi) is 4.62. The van der Waals surface area contributed by atoms with E-state index < -0.39 is 6.10 Å². The zero-order valence-corrected chi connectivity index (χ0v) is 12.1. The number of fused-ring (bicyclic) bond motifs is 1. The minimum atomic E-state index is -0.560. The second-order valence-corrected chi connectivity index (χ2v) is 5.82. The van der Waals surface area contributed by atoms with Crippen LogP contribution in [0.3, 0.4) is 0 Å². The third-order valence-electron chi connectivity index (χ3n) is 3.39. The number of aliphatic hydroxyl groups is 1. The molecule has 20 heavy (non-hydrogen) atoms. The molecule has 1 heterocycles. The third-order valence-corrected chi connectivity index (χ3v) is 3.39. The SMILES string of the molecule is COCC(O)CNC1CC(C)(C)Oc2cc(F)ccc21. The van der Waals surface area contributed by atoms with Crippen LogP contribution in [0.2, 0.25) is 0 Å². The van der Waals surface area contributed by atoms with Crippen LogP contribution < -0.4 is 10.1 Å². The van der Waals surface area contributed by atoms with Gasteiger partial charge in [0.2, 0.25) is 0 Å². The van der Waals surface area contributed by atoms with Crippen LogP contribution in [-0.4, -0.2) is 37.1 Å². The van der Waals surface area contributed by atoms with Crippen molar-refractivity contribution in [2.24, 2.45) is 0 Å². The predicted molar refractivity (Wildman–Crippen MR) is 74.4 cm³/mol. The van der Waals surface area contributed by atoms with E-state index >= 15 is 0 Å². The highest BCUT2D eigenvalue weighted by Gasteiger charge is 2.33. The van der Waals surface area contributed by atoms with Gasteiger partial charge >= 0.3 is 0 Å². The maximum absolute atomic E-state index is 13.3. The summed E-state index contributed by atoms with van der Waals surface area (Å²) in [4.78, 5) is 0. The van der Waals surface area contributed by atoms with Gasteiger partial charge in [-0.05, 0) is 19.9 Å². The lowest BCUT2D eigenvalue weighted by atomic mass is 9.89. The molecular weight excluding hydrogens is 261 g/mol. The normalized spacial score (nSPS) is 21.9. The van der Waals surface area contributed by atoms with E-state index in [1.165, 1.54) is 12.1 Å². The summed E-state index contributed by atoms with van der Waals surface area (Å²) in [7, 11) is 1.55. The van der Waals surface area contributed by atoms with Gasteiger partial charge in [-0.25, -0.2) is 4.39 Å². The minimum Gasteiger partial charge on any atom is -0.487 e. The largest absolute Gasteiger partial charge is 0.487 e. The van der Waals surface area contributed by atoms with Crippen LogP contribution >= 0.6 is 0 Å². The van der Waals surface area contributed by atoms with Crippen LogP contribution in [0.25, 0.3) is 0 Å². The summed E-state index contributed by atoms with van der Waals surface area (Å²) in [5, 5.41) is 13.0. The van der Waals surface area contributed by atoms with E-state index in [2.05, 4.69) is 5.32 Å². The Morgan fingerprint density at radius 1 is 1.55 bits per heavy atom. The lowest BCUT2D eigenvalue weighted by molar-refractivity contribution is 0.0462. The van der Waals surface area contributed by atoms with Crippen LogP contribution in [0.4, 0.5) is 4.39 Å². The number of rotatable bonds is 5. The first-order valence-corrected chi connectivity index (χ1v) is 6.80. The maximum atomic E-state index is 13.3. The molecule has 2 atom stereocenters. The van der Waals surface area contributed by atoms with Crippen molar-refractivity contribution in [1.29, 1.82) is 0 Å². The molecule has 0 amide bonds. The molecule has 0 bridgehead atoms. The van der Waals surface area contributed by atoms with Gasteiger partial charge in [0.25, 0.3) is 0 Å². The van der Waals surface area contributed by atoms with Crippen molar-refractivity contribution < 1.29 is 19.0 Å². The molecule has 2 rings (SSSR count). The molecule has 0 spiro atoms. The Morgan fingerprint density at radius 2 is 2.30 bits per heavy atom. The van der Waals surface area contributed by atoms with Crippen molar-refractivity contribution in [3.63, 3.8) is 0 Å². The molecule has 112 valence electrons. The van der Waals surface area contributed by atoms with Gasteiger partial charge in [-0.2, -0.15) is 0 Å². The Morgan fingerprint density at radius 3 is 3.00 bits per heavy atom. The number of methoxy groups -OCH3 is 1. The van der Waals surface area contributed by atoms with Crippen molar-refractivity contribution in [1.82, 2.24) is 5.32 Å². The molecular formula is C15H22FNO3. The molecule has 1 aromatic rings. The number of hydrogen-bond donors (Lipinski definition) is 2. The van der Waals surface area contributed by atoms with Gasteiger partial charge in [-0.1, -0.05) is 6.07 Å². The molecule has 5 heteroatoms. The fourth-order valence-corrected chi connectivity index (χ4v) is 2.54. The fourth-order valence-electron chi connectivity index (χ4n) is 2.54. The lowest BCUT2D eigenvalue weighted by Gasteiger charge is -2.38. The smallest absolute Gasteiger partial charge is 0.127 e. The highest BCUT2D eigenvalue weighted by Crippen LogP contribution is 2.39. The summed E-state index contributed by atoms with van der Waals surface area (Å²) < 4.78 is 24.1. The second-order valence-electron chi connectivity index (χ2n) is 5.82. The number of nitrogens with one attached hydrogen (secondary N) is 1. The van der Waals surface area contributed by atoms with E-state index in [4.69, 9.17) is 9.47 Å². The number of benzene rings is 1. The molecule has 0 fully saturated rings. The van der Waals surface area contributed by atoms with Gasteiger partial charge < -0.3 is 19.9 Å².